The lowest BCUT2D eigenvalue weighted by molar-refractivity contribution is -0.538. The van der Waals surface area contributed by atoms with Crippen LogP contribution in [0.15, 0.2) is 35.9 Å². The molecule has 1 aromatic rings. The standard InChI is InChI=1S/C17H16N2O7/c1-2-26-17(23)9-7-12(14(19(24)25)13(20)8-9)18-15(21)10-5-3-4-6-11(10)16(18)22/h3-6,8,12-14,20H,2,7H2,1H3/t12-,13-,14+/m0/s1. The van der Waals surface area contributed by atoms with E-state index in [9.17, 15) is 29.6 Å². The second-order valence-electron chi connectivity index (χ2n) is 5.98. The van der Waals surface area contributed by atoms with E-state index in [0.29, 0.717) is 0 Å². The van der Waals surface area contributed by atoms with Crippen LogP contribution in [0.5, 0.6) is 0 Å². The van der Waals surface area contributed by atoms with E-state index in [4.69, 9.17) is 4.74 Å². The molecule has 0 spiro atoms. The Hall–Kier alpha value is -3.07. The third-order valence-corrected chi connectivity index (χ3v) is 4.48. The molecule has 0 unspecified atom stereocenters. The number of aliphatic hydroxyl groups is 1. The summed E-state index contributed by atoms with van der Waals surface area (Å²) in [6.07, 6.45) is -0.833. The summed E-state index contributed by atoms with van der Waals surface area (Å²) < 4.78 is 4.88. The van der Waals surface area contributed by atoms with E-state index in [1.165, 1.54) is 12.1 Å². The summed E-state index contributed by atoms with van der Waals surface area (Å²) in [6, 6.07) is 3.15. The van der Waals surface area contributed by atoms with E-state index < -0.39 is 40.9 Å². The van der Waals surface area contributed by atoms with Crippen molar-refractivity contribution in [2.75, 3.05) is 6.61 Å². The lowest BCUT2D eigenvalue weighted by Crippen LogP contribution is -2.56. The highest BCUT2D eigenvalue weighted by atomic mass is 16.6. The van der Waals surface area contributed by atoms with Gasteiger partial charge in [-0.15, -0.1) is 0 Å². The van der Waals surface area contributed by atoms with E-state index in [1.807, 2.05) is 0 Å². The van der Waals surface area contributed by atoms with Crippen LogP contribution in [0.1, 0.15) is 34.1 Å². The van der Waals surface area contributed by atoms with Gasteiger partial charge < -0.3 is 9.84 Å². The average molecular weight is 360 g/mol. The van der Waals surface area contributed by atoms with Crippen molar-refractivity contribution >= 4 is 17.8 Å². The maximum atomic E-state index is 12.6. The minimum atomic E-state index is -1.63. The van der Waals surface area contributed by atoms with E-state index in [2.05, 4.69) is 0 Å². The highest BCUT2D eigenvalue weighted by molar-refractivity contribution is 6.21. The molecule has 0 saturated heterocycles. The number of esters is 1. The number of hydrogen-bond acceptors (Lipinski definition) is 7. The van der Waals surface area contributed by atoms with Gasteiger partial charge in [-0.25, -0.2) is 4.79 Å². The summed E-state index contributed by atoms with van der Waals surface area (Å²) in [6.45, 7) is 1.68. The molecule has 0 saturated carbocycles. The minimum absolute atomic E-state index is 0.000920. The largest absolute Gasteiger partial charge is 0.463 e. The first-order valence-corrected chi connectivity index (χ1v) is 8.03. The maximum absolute atomic E-state index is 12.6. The van der Waals surface area contributed by atoms with Gasteiger partial charge in [0.1, 0.15) is 12.1 Å². The zero-order valence-electron chi connectivity index (χ0n) is 13.8. The van der Waals surface area contributed by atoms with Crippen molar-refractivity contribution in [1.82, 2.24) is 4.90 Å². The lowest BCUT2D eigenvalue weighted by atomic mass is 9.87. The summed E-state index contributed by atoms with van der Waals surface area (Å²) in [5.74, 6) is -2.10. The molecule has 1 aromatic carbocycles. The topological polar surface area (TPSA) is 127 Å². The van der Waals surface area contributed by atoms with Gasteiger partial charge in [0.2, 0.25) is 0 Å². The molecule has 2 amide bonds. The average Bonchev–Trinajstić information content (AvgIpc) is 2.85. The van der Waals surface area contributed by atoms with Crippen LogP contribution in [0.4, 0.5) is 0 Å². The van der Waals surface area contributed by atoms with Crippen molar-refractivity contribution in [3.05, 3.63) is 57.2 Å². The molecule has 26 heavy (non-hydrogen) atoms. The van der Waals surface area contributed by atoms with Gasteiger partial charge in [0.25, 0.3) is 17.9 Å². The fourth-order valence-electron chi connectivity index (χ4n) is 3.34. The van der Waals surface area contributed by atoms with Crippen LogP contribution in [0.3, 0.4) is 0 Å². The predicted octanol–water partition coefficient (Wildman–Crippen LogP) is 0.551. The molecule has 3 atom stereocenters. The highest BCUT2D eigenvalue weighted by Crippen LogP contribution is 2.32. The molecular formula is C17H16N2O7. The van der Waals surface area contributed by atoms with Gasteiger partial charge in [0.05, 0.1) is 17.7 Å². The zero-order valence-corrected chi connectivity index (χ0v) is 13.8. The van der Waals surface area contributed by atoms with E-state index in [1.54, 1.807) is 19.1 Å². The minimum Gasteiger partial charge on any atom is -0.463 e. The lowest BCUT2D eigenvalue weighted by Gasteiger charge is -2.33. The van der Waals surface area contributed by atoms with Crippen molar-refractivity contribution < 1.29 is 29.2 Å². The Morgan fingerprint density at radius 2 is 1.88 bits per heavy atom. The van der Waals surface area contributed by atoms with Crippen molar-refractivity contribution in [3.63, 3.8) is 0 Å². The first-order chi connectivity index (χ1) is 12.4. The molecule has 0 fully saturated rings. The van der Waals surface area contributed by atoms with E-state index in [-0.39, 0.29) is 29.7 Å². The van der Waals surface area contributed by atoms with Crippen LogP contribution in [0.25, 0.3) is 0 Å². The number of hydrogen-bond donors (Lipinski definition) is 1. The predicted molar refractivity (Wildman–Crippen MR) is 86.9 cm³/mol. The van der Waals surface area contributed by atoms with Gasteiger partial charge in [0.15, 0.2) is 0 Å². The Balaban J connectivity index is 2.01. The summed E-state index contributed by atoms with van der Waals surface area (Å²) in [4.78, 5) is 48.8. The highest BCUT2D eigenvalue weighted by Gasteiger charge is 2.51. The Bertz CT molecular complexity index is 797. The van der Waals surface area contributed by atoms with Crippen molar-refractivity contribution in [3.8, 4) is 0 Å². The molecule has 1 aliphatic carbocycles. The van der Waals surface area contributed by atoms with Gasteiger partial charge in [-0.05, 0) is 25.1 Å². The Morgan fingerprint density at radius 3 is 2.38 bits per heavy atom. The Kier molecular flexibility index (Phi) is 4.56. The summed E-state index contributed by atoms with van der Waals surface area (Å²) in [5, 5.41) is 21.6. The molecule has 0 aromatic heterocycles. The number of nitro groups is 1. The maximum Gasteiger partial charge on any atom is 0.333 e. The van der Waals surface area contributed by atoms with Crippen molar-refractivity contribution in [1.29, 1.82) is 0 Å². The van der Waals surface area contributed by atoms with E-state index >= 15 is 0 Å². The SMILES string of the molecule is CCOC(=O)C1=C[C@H](O)[C@H]([N+](=O)[O-])[C@@H](N2C(=O)c3ccccc3C2=O)C1. The number of fused-ring (bicyclic) bond motifs is 1. The third kappa shape index (κ3) is 2.76. The molecule has 1 N–H and O–H groups in total. The van der Waals surface area contributed by atoms with Crippen LogP contribution in [0.2, 0.25) is 0 Å². The summed E-state index contributed by atoms with van der Waals surface area (Å²) in [7, 11) is 0. The fourth-order valence-corrected chi connectivity index (χ4v) is 3.34. The second-order valence-corrected chi connectivity index (χ2v) is 5.98. The number of amides is 2. The summed E-state index contributed by atoms with van der Waals surface area (Å²) in [5.41, 5.74) is 0.279. The number of benzene rings is 1. The molecule has 1 aliphatic heterocycles. The normalized spacial score (nSPS) is 24.9. The monoisotopic (exact) mass is 360 g/mol. The number of nitrogens with zero attached hydrogens (tertiary/aromatic N) is 2. The molecular weight excluding hydrogens is 344 g/mol. The van der Waals surface area contributed by atoms with Crippen molar-refractivity contribution in [2.24, 2.45) is 0 Å². The Labute approximate surface area is 148 Å². The Morgan fingerprint density at radius 1 is 1.31 bits per heavy atom. The number of aliphatic hydroxyl groups excluding tert-OH is 1. The van der Waals surface area contributed by atoms with Gasteiger partial charge in [0, 0.05) is 16.9 Å². The molecule has 0 radical (unpaired) electrons. The van der Waals surface area contributed by atoms with Crippen LogP contribution in [-0.4, -0.2) is 57.5 Å². The molecule has 9 heteroatoms. The molecule has 9 nitrogen and oxygen atoms in total. The van der Waals surface area contributed by atoms with Gasteiger partial charge in [-0.2, -0.15) is 0 Å². The number of carbonyl (C=O) groups is 3. The first-order valence-electron chi connectivity index (χ1n) is 8.03. The number of carbonyl (C=O) groups excluding carboxylic acids is 3. The molecule has 2 aliphatic rings. The fraction of sp³-hybridized carbons (Fsp3) is 0.353. The zero-order chi connectivity index (χ0) is 19.0. The van der Waals surface area contributed by atoms with Crippen LogP contribution in [-0.2, 0) is 9.53 Å². The smallest absolute Gasteiger partial charge is 0.333 e. The van der Waals surface area contributed by atoms with Gasteiger partial charge in [-0.1, -0.05) is 12.1 Å². The molecule has 3 rings (SSSR count). The number of imide groups is 1. The van der Waals surface area contributed by atoms with Crippen LogP contribution < -0.4 is 0 Å². The summed E-state index contributed by atoms with van der Waals surface area (Å²) >= 11 is 0. The van der Waals surface area contributed by atoms with Crippen molar-refractivity contribution in [2.45, 2.75) is 31.5 Å². The first kappa shape index (κ1) is 17.7. The molecule has 0 bridgehead atoms. The molecule has 136 valence electrons. The number of ether oxygens (including phenoxy) is 1. The quantitative estimate of drug-likeness (QED) is 0.359. The van der Waals surface area contributed by atoms with Gasteiger partial charge >= 0.3 is 5.97 Å². The van der Waals surface area contributed by atoms with Crippen LogP contribution >= 0.6 is 0 Å². The van der Waals surface area contributed by atoms with E-state index in [0.717, 1.165) is 11.0 Å². The van der Waals surface area contributed by atoms with Gasteiger partial charge in [-0.3, -0.25) is 24.6 Å². The number of rotatable bonds is 4. The molecule has 1 heterocycles. The van der Waals surface area contributed by atoms with Crippen LogP contribution in [0, 0.1) is 10.1 Å². The second kappa shape index (κ2) is 6.68. The third-order valence-electron chi connectivity index (χ3n) is 4.48.